The van der Waals surface area contributed by atoms with Gasteiger partial charge < -0.3 is 0 Å². The van der Waals surface area contributed by atoms with E-state index >= 15 is 0 Å². The maximum absolute atomic E-state index is 4.31. The quantitative estimate of drug-likeness (QED) is 0.685. The van der Waals surface area contributed by atoms with Gasteiger partial charge in [-0.1, -0.05) is 0 Å². The summed E-state index contributed by atoms with van der Waals surface area (Å²) in [6.07, 6.45) is 2.69. The van der Waals surface area contributed by atoms with Crippen LogP contribution in [0.3, 0.4) is 0 Å². The molecule has 0 unspecified atom stereocenters. The monoisotopic (exact) mass is 203 g/mol. The van der Waals surface area contributed by atoms with Crippen LogP contribution in [0.25, 0.3) is 0 Å². The second-order valence-corrected chi connectivity index (χ2v) is 3.98. The van der Waals surface area contributed by atoms with Crippen LogP contribution >= 0.6 is 27.3 Å². The van der Waals surface area contributed by atoms with Gasteiger partial charge in [0.25, 0.3) is 0 Å². The van der Waals surface area contributed by atoms with Gasteiger partial charge in [0.05, 0.1) is 5.01 Å². The van der Waals surface area contributed by atoms with Gasteiger partial charge in [-0.3, -0.25) is 0 Å². The number of nitrogens with zero attached hydrogens (tertiary/aromatic N) is 1. The molecule has 0 N–H and O–H groups in total. The molecular formula is C6H6BrNS. The van der Waals surface area contributed by atoms with Crippen molar-refractivity contribution in [1.29, 1.82) is 0 Å². The first-order chi connectivity index (χ1) is 4.36. The van der Waals surface area contributed by atoms with Gasteiger partial charge in [-0.05, 0) is 28.8 Å². The lowest BCUT2D eigenvalue weighted by atomic mass is 10.5. The number of hydrogen-bond acceptors (Lipinski definition) is 2. The predicted molar refractivity (Wildman–Crippen MR) is 41.8 cm³/mol. The second kappa shape index (κ2) is 2.06. The molecule has 1 aliphatic carbocycles. The first kappa shape index (κ1) is 5.86. The van der Waals surface area contributed by atoms with Gasteiger partial charge in [-0.25, -0.2) is 4.98 Å². The molecule has 1 aliphatic rings. The Bertz CT molecular complexity index is 217. The predicted octanol–water partition coefficient (Wildman–Crippen LogP) is 2.78. The average molecular weight is 204 g/mol. The molecule has 0 radical (unpaired) electrons. The van der Waals surface area contributed by atoms with Crippen LogP contribution in [0.5, 0.6) is 0 Å². The fourth-order valence-electron chi connectivity index (χ4n) is 0.785. The Balaban J connectivity index is 2.28. The van der Waals surface area contributed by atoms with E-state index in [1.54, 1.807) is 11.3 Å². The number of hydrogen-bond donors (Lipinski definition) is 0. The highest BCUT2D eigenvalue weighted by Crippen LogP contribution is 2.41. The zero-order chi connectivity index (χ0) is 6.27. The van der Waals surface area contributed by atoms with Crippen molar-refractivity contribution in [3.05, 3.63) is 15.0 Å². The van der Waals surface area contributed by atoms with Crippen LogP contribution in [-0.4, -0.2) is 4.98 Å². The summed E-state index contributed by atoms with van der Waals surface area (Å²) in [5.41, 5.74) is 0. The maximum atomic E-state index is 4.31. The Labute approximate surface area is 66.2 Å². The lowest BCUT2D eigenvalue weighted by Crippen LogP contribution is -1.72. The van der Waals surface area contributed by atoms with Crippen molar-refractivity contribution >= 4 is 27.3 Å². The normalized spacial score (nSPS) is 18.3. The van der Waals surface area contributed by atoms with E-state index in [1.807, 2.05) is 5.38 Å². The smallest absolute Gasteiger partial charge is 0.117 e. The van der Waals surface area contributed by atoms with Gasteiger partial charge in [0.15, 0.2) is 0 Å². The van der Waals surface area contributed by atoms with Crippen molar-refractivity contribution in [2.24, 2.45) is 0 Å². The summed E-state index contributed by atoms with van der Waals surface area (Å²) in [6, 6.07) is 0. The van der Waals surface area contributed by atoms with Gasteiger partial charge in [-0.15, -0.1) is 11.3 Å². The molecule has 48 valence electrons. The van der Waals surface area contributed by atoms with Gasteiger partial charge >= 0.3 is 0 Å². The minimum absolute atomic E-state index is 0.807. The Morgan fingerprint density at radius 1 is 1.67 bits per heavy atom. The van der Waals surface area contributed by atoms with Crippen LogP contribution in [-0.2, 0) is 0 Å². The van der Waals surface area contributed by atoms with Crippen molar-refractivity contribution < 1.29 is 0 Å². The first-order valence-electron chi connectivity index (χ1n) is 2.97. The Morgan fingerprint density at radius 3 is 2.89 bits per heavy atom. The van der Waals surface area contributed by atoms with Crippen molar-refractivity contribution in [3.8, 4) is 0 Å². The van der Waals surface area contributed by atoms with Gasteiger partial charge in [0.2, 0.25) is 0 Å². The molecular weight excluding hydrogens is 198 g/mol. The summed E-state index contributed by atoms with van der Waals surface area (Å²) in [7, 11) is 0. The third-order valence-corrected chi connectivity index (χ3v) is 3.14. The van der Waals surface area contributed by atoms with Crippen LogP contribution in [0.4, 0.5) is 0 Å². The molecule has 0 aliphatic heterocycles. The van der Waals surface area contributed by atoms with Crippen molar-refractivity contribution in [1.82, 2.24) is 4.98 Å². The molecule has 1 saturated carbocycles. The van der Waals surface area contributed by atoms with E-state index in [0.717, 1.165) is 10.5 Å². The van der Waals surface area contributed by atoms with E-state index in [9.17, 15) is 0 Å². The number of halogens is 1. The molecule has 0 atom stereocenters. The molecule has 3 heteroatoms. The van der Waals surface area contributed by atoms with Crippen LogP contribution in [0.2, 0.25) is 0 Å². The molecule has 1 fully saturated rings. The fourth-order valence-corrected chi connectivity index (χ4v) is 2.22. The van der Waals surface area contributed by atoms with Crippen molar-refractivity contribution in [2.45, 2.75) is 18.8 Å². The molecule has 1 aromatic rings. The molecule has 0 bridgehead atoms. The van der Waals surface area contributed by atoms with E-state index in [1.165, 1.54) is 17.8 Å². The van der Waals surface area contributed by atoms with E-state index < -0.39 is 0 Å². The number of thiazole rings is 1. The lowest BCUT2D eigenvalue weighted by Gasteiger charge is -1.81. The summed E-state index contributed by atoms with van der Waals surface area (Å²) in [5, 5.41) is 3.36. The maximum Gasteiger partial charge on any atom is 0.117 e. The highest BCUT2D eigenvalue weighted by Gasteiger charge is 2.26. The van der Waals surface area contributed by atoms with Gasteiger partial charge in [-0.2, -0.15) is 0 Å². The van der Waals surface area contributed by atoms with Crippen LogP contribution < -0.4 is 0 Å². The van der Waals surface area contributed by atoms with Gasteiger partial charge in [0.1, 0.15) is 4.60 Å². The Hall–Kier alpha value is 0.110. The SMILES string of the molecule is Brc1csc(C2CC2)n1. The number of aromatic nitrogens is 1. The Morgan fingerprint density at radius 2 is 2.44 bits per heavy atom. The molecule has 2 rings (SSSR count). The third-order valence-electron chi connectivity index (χ3n) is 1.42. The standard InChI is InChI=1S/C6H6BrNS/c7-5-3-9-6(8-5)4-1-2-4/h3-4H,1-2H2. The van der Waals surface area contributed by atoms with Crippen molar-refractivity contribution in [2.75, 3.05) is 0 Å². The minimum atomic E-state index is 0.807. The highest BCUT2D eigenvalue weighted by atomic mass is 79.9. The summed E-state index contributed by atoms with van der Waals surface area (Å²) in [4.78, 5) is 4.31. The average Bonchev–Trinajstić information content (AvgIpc) is 2.58. The summed E-state index contributed by atoms with van der Waals surface area (Å²) < 4.78 is 0.995. The van der Waals surface area contributed by atoms with E-state index in [0.29, 0.717) is 0 Å². The topological polar surface area (TPSA) is 12.9 Å². The fraction of sp³-hybridized carbons (Fsp3) is 0.500. The molecule has 1 nitrogen and oxygen atoms in total. The first-order valence-corrected chi connectivity index (χ1v) is 4.64. The van der Waals surface area contributed by atoms with E-state index in [-0.39, 0.29) is 0 Å². The molecule has 1 aromatic heterocycles. The molecule has 0 amide bonds. The lowest BCUT2D eigenvalue weighted by molar-refractivity contribution is 1.07. The summed E-state index contributed by atoms with van der Waals surface area (Å²) >= 11 is 5.09. The third kappa shape index (κ3) is 1.17. The molecule has 1 heterocycles. The van der Waals surface area contributed by atoms with Gasteiger partial charge in [0, 0.05) is 11.3 Å². The van der Waals surface area contributed by atoms with Crippen molar-refractivity contribution in [3.63, 3.8) is 0 Å². The summed E-state index contributed by atoms with van der Waals surface area (Å²) in [5.74, 6) is 0.807. The Kier molecular flexibility index (Phi) is 1.34. The molecule has 9 heavy (non-hydrogen) atoms. The minimum Gasteiger partial charge on any atom is -0.234 e. The second-order valence-electron chi connectivity index (χ2n) is 2.28. The van der Waals surface area contributed by atoms with Crippen LogP contribution in [0, 0.1) is 0 Å². The zero-order valence-electron chi connectivity index (χ0n) is 4.80. The highest BCUT2D eigenvalue weighted by molar-refractivity contribution is 9.10. The number of rotatable bonds is 1. The van der Waals surface area contributed by atoms with Crippen LogP contribution in [0.1, 0.15) is 23.8 Å². The molecule has 0 saturated heterocycles. The molecule has 0 spiro atoms. The summed E-state index contributed by atoms with van der Waals surface area (Å²) in [6.45, 7) is 0. The van der Waals surface area contributed by atoms with Crippen LogP contribution in [0.15, 0.2) is 9.98 Å². The van der Waals surface area contributed by atoms with E-state index in [2.05, 4.69) is 20.9 Å². The van der Waals surface area contributed by atoms with E-state index in [4.69, 9.17) is 0 Å². The molecule has 0 aromatic carbocycles. The zero-order valence-corrected chi connectivity index (χ0v) is 7.20. The largest absolute Gasteiger partial charge is 0.234 e.